The first-order valence-corrected chi connectivity index (χ1v) is 9.79. The lowest BCUT2D eigenvalue weighted by molar-refractivity contribution is 0.0945. The Morgan fingerprint density at radius 2 is 1.71 bits per heavy atom. The topological polar surface area (TPSA) is 72.7 Å². The predicted octanol–water partition coefficient (Wildman–Crippen LogP) is 3.61. The largest absolute Gasteiger partial charge is 0.345 e. The minimum Gasteiger partial charge on any atom is -0.345 e. The molecule has 0 bridgehead atoms. The average molecular weight is 389 g/mol. The van der Waals surface area contributed by atoms with Crippen molar-refractivity contribution in [1.29, 1.82) is 0 Å². The van der Waals surface area contributed by atoms with Crippen LogP contribution in [0.4, 0.5) is 0 Å². The highest BCUT2D eigenvalue weighted by molar-refractivity contribution is 7.09. The van der Waals surface area contributed by atoms with Gasteiger partial charge in [0.05, 0.1) is 23.4 Å². The number of carbonyl (C=O) groups is 1. The van der Waals surface area contributed by atoms with Crippen molar-refractivity contribution in [3.63, 3.8) is 0 Å². The monoisotopic (exact) mass is 389 g/mol. The molecule has 4 aromatic rings. The van der Waals surface area contributed by atoms with Crippen molar-refractivity contribution in [3.05, 3.63) is 99.8 Å². The molecule has 2 heterocycles. The van der Waals surface area contributed by atoms with Crippen LogP contribution >= 0.6 is 11.3 Å². The van der Waals surface area contributed by atoms with Crippen LogP contribution in [0.1, 0.15) is 38.4 Å². The Bertz CT molecular complexity index is 1020. The molecule has 140 valence electrons. The molecule has 0 aliphatic rings. The van der Waals surface area contributed by atoms with Gasteiger partial charge in [0, 0.05) is 5.38 Å². The molecule has 0 radical (unpaired) electrons. The second-order valence-corrected chi connectivity index (χ2v) is 7.41. The number of nitrogens with zero attached hydrogens (tertiary/aromatic N) is 4. The Hall–Kier alpha value is -3.32. The second-order valence-electron chi connectivity index (χ2n) is 6.35. The minimum absolute atomic E-state index is 0.155. The smallest absolute Gasteiger partial charge is 0.273 e. The fourth-order valence-electron chi connectivity index (χ4n) is 3.03. The number of benzene rings is 2. The summed E-state index contributed by atoms with van der Waals surface area (Å²) in [4.78, 5) is 16.8. The molecular formula is C21H19N5OS. The van der Waals surface area contributed by atoms with Gasteiger partial charge in [-0.15, -0.1) is 16.4 Å². The van der Waals surface area contributed by atoms with E-state index in [0.29, 0.717) is 6.54 Å². The van der Waals surface area contributed by atoms with Crippen LogP contribution in [-0.2, 0) is 6.54 Å². The molecule has 2 aromatic heterocycles. The normalized spacial score (nSPS) is 10.9. The highest BCUT2D eigenvalue weighted by Gasteiger charge is 2.20. The third kappa shape index (κ3) is 3.99. The zero-order valence-corrected chi connectivity index (χ0v) is 16.1. The summed E-state index contributed by atoms with van der Waals surface area (Å²) in [7, 11) is 0. The van der Waals surface area contributed by atoms with Gasteiger partial charge in [0.2, 0.25) is 0 Å². The van der Waals surface area contributed by atoms with E-state index in [1.54, 1.807) is 22.2 Å². The molecule has 0 atom stereocenters. The van der Waals surface area contributed by atoms with Crippen LogP contribution in [0.2, 0.25) is 0 Å². The van der Waals surface area contributed by atoms with Crippen LogP contribution in [0, 0.1) is 6.92 Å². The molecular weight excluding hydrogens is 370 g/mol. The summed E-state index contributed by atoms with van der Waals surface area (Å²) < 4.78 is 1.73. The molecule has 0 fully saturated rings. The molecule has 2 aromatic carbocycles. The summed E-state index contributed by atoms with van der Waals surface area (Å²) in [6.45, 7) is 2.31. The van der Waals surface area contributed by atoms with E-state index >= 15 is 0 Å². The van der Waals surface area contributed by atoms with Gasteiger partial charge >= 0.3 is 0 Å². The molecule has 6 nitrogen and oxygen atoms in total. The number of thiazole rings is 1. The fourth-order valence-corrected chi connectivity index (χ4v) is 3.64. The number of nitrogens with one attached hydrogen (secondary N) is 1. The maximum Gasteiger partial charge on any atom is 0.273 e. The Morgan fingerprint density at radius 3 is 2.29 bits per heavy atom. The zero-order valence-electron chi connectivity index (χ0n) is 15.3. The molecule has 1 amide bonds. The number of carbonyl (C=O) groups excluding carboxylic acids is 1. The standard InChI is InChI=1S/C21H19N5OS/c1-15-23-18(14-28-15)12-22-21(27)19-13-26(25-24-19)20(16-8-4-2-5-9-16)17-10-6-3-7-11-17/h2-11,13-14,20H,12H2,1H3,(H,22,27). The third-order valence-corrected chi connectivity index (χ3v) is 5.16. The van der Waals surface area contributed by atoms with Gasteiger partial charge < -0.3 is 5.32 Å². The van der Waals surface area contributed by atoms with Gasteiger partial charge in [-0.1, -0.05) is 65.9 Å². The molecule has 0 saturated carbocycles. The lowest BCUT2D eigenvalue weighted by atomic mass is 9.99. The van der Waals surface area contributed by atoms with E-state index in [4.69, 9.17) is 0 Å². The Labute approximate surface area is 166 Å². The number of aryl methyl sites for hydroxylation is 1. The molecule has 1 N–H and O–H groups in total. The van der Waals surface area contributed by atoms with Crippen molar-refractivity contribution in [3.8, 4) is 0 Å². The molecule has 28 heavy (non-hydrogen) atoms. The maximum atomic E-state index is 12.5. The van der Waals surface area contributed by atoms with Gasteiger partial charge in [0.25, 0.3) is 5.91 Å². The summed E-state index contributed by atoms with van der Waals surface area (Å²) in [6.07, 6.45) is 1.69. The molecule has 0 aliphatic carbocycles. The van der Waals surface area contributed by atoms with Crippen molar-refractivity contribution in [1.82, 2.24) is 25.3 Å². The Balaban J connectivity index is 1.57. The highest BCUT2D eigenvalue weighted by atomic mass is 32.1. The van der Waals surface area contributed by atoms with Crippen LogP contribution in [0.25, 0.3) is 0 Å². The number of hydrogen-bond donors (Lipinski definition) is 1. The number of amides is 1. The Kier molecular flexibility index (Phi) is 5.25. The Morgan fingerprint density at radius 1 is 1.07 bits per heavy atom. The first-order chi connectivity index (χ1) is 13.7. The summed E-state index contributed by atoms with van der Waals surface area (Å²) in [6, 6.07) is 19.9. The van der Waals surface area contributed by atoms with E-state index in [1.165, 1.54) is 0 Å². The molecule has 0 aliphatic heterocycles. The lowest BCUT2D eigenvalue weighted by Crippen LogP contribution is -2.23. The first-order valence-electron chi connectivity index (χ1n) is 8.91. The van der Waals surface area contributed by atoms with E-state index < -0.39 is 0 Å². The van der Waals surface area contributed by atoms with Crippen molar-refractivity contribution >= 4 is 17.2 Å². The fraction of sp³-hybridized carbons (Fsp3) is 0.143. The summed E-state index contributed by atoms with van der Waals surface area (Å²) in [5, 5.41) is 14.1. The van der Waals surface area contributed by atoms with Crippen LogP contribution in [0.15, 0.2) is 72.2 Å². The van der Waals surface area contributed by atoms with Crippen molar-refractivity contribution in [2.45, 2.75) is 19.5 Å². The number of hydrogen-bond acceptors (Lipinski definition) is 5. The molecule has 4 rings (SSSR count). The van der Waals surface area contributed by atoms with Gasteiger partial charge in [-0.2, -0.15) is 0 Å². The molecule has 0 spiro atoms. The number of aromatic nitrogens is 4. The molecule has 0 unspecified atom stereocenters. The van der Waals surface area contributed by atoms with Crippen LogP contribution < -0.4 is 5.32 Å². The maximum absolute atomic E-state index is 12.5. The lowest BCUT2D eigenvalue weighted by Gasteiger charge is -2.17. The third-order valence-electron chi connectivity index (χ3n) is 4.33. The van der Waals surface area contributed by atoms with Gasteiger partial charge in [0.15, 0.2) is 5.69 Å². The summed E-state index contributed by atoms with van der Waals surface area (Å²) in [5.74, 6) is -0.267. The first kappa shape index (κ1) is 18.1. The van der Waals surface area contributed by atoms with Gasteiger partial charge in [-0.05, 0) is 18.1 Å². The van der Waals surface area contributed by atoms with E-state index in [-0.39, 0.29) is 17.6 Å². The van der Waals surface area contributed by atoms with Gasteiger partial charge in [-0.3, -0.25) is 4.79 Å². The minimum atomic E-state index is -0.267. The van der Waals surface area contributed by atoms with E-state index in [0.717, 1.165) is 21.8 Å². The average Bonchev–Trinajstić information content (AvgIpc) is 3.37. The van der Waals surface area contributed by atoms with Crippen molar-refractivity contribution < 1.29 is 4.79 Å². The van der Waals surface area contributed by atoms with Crippen molar-refractivity contribution in [2.24, 2.45) is 0 Å². The van der Waals surface area contributed by atoms with E-state index in [2.05, 4.69) is 20.6 Å². The van der Waals surface area contributed by atoms with Gasteiger partial charge in [0.1, 0.15) is 6.04 Å². The van der Waals surface area contributed by atoms with Crippen molar-refractivity contribution in [2.75, 3.05) is 0 Å². The van der Waals surface area contributed by atoms with Crippen LogP contribution in [0.5, 0.6) is 0 Å². The summed E-state index contributed by atoms with van der Waals surface area (Å²) in [5.41, 5.74) is 3.27. The van der Waals surface area contributed by atoms with Crippen LogP contribution in [0.3, 0.4) is 0 Å². The molecule has 7 heteroatoms. The van der Waals surface area contributed by atoms with E-state index in [1.807, 2.05) is 73.0 Å². The van der Waals surface area contributed by atoms with Gasteiger partial charge in [-0.25, -0.2) is 9.67 Å². The second kappa shape index (κ2) is 8.14. The SMILES string of the molecule is Cc1nc(CNC(=O)c2cn(C(c3ccccc3)c3ccccc3)nn2)cs1. The van der Waals surface area contributed by atoms with E-state index in [9.17, 15) is 4.79 Å². The molecule has 0 saturated heterocycles. The zero-order chi connectivity index (χ0) is 19.3. The predicted molar refractivity (Wildman–Crippen MR) is 108 cm³/mol. The highest BCUT2D eigenvalue weighted by Crippen LogP contribution is 2.25. The summed E-state index contributed by atoms with van der Waals surface area (Å²) >= 11 is 1.56. The van der Waals surface area contributed by atoms with Crippen LogP contribution in [-0.4, -0.2) is 25.9 Å². The quantitative estimate of drug-likeness (QED) is 0.547. The number of rotatable bonds is 6.